The number of rotatable bonds is 5. The Morgan fingerprint density at radius 3 is 2.57 bits per heavy atom. The molecule has 3 aromatic rings. The van der Waals surface area contributed by atoms with Crippen molar-refractivity contribution in [3.63, 3.8) is 0 Å². The maximum absolute atomic E-state index is 12.7. The van der Waals surface area contributed by atoms with Crippen molar-refractivity contribution in [2.75, 3.05) is 36.4 Å². The molecule has 0 aromatic carbocycles. The van der Waals surface area contributed by atoms with Crippen LogP contribution in [-0.2, 0) is 4.79 Å². The van der Waals surface area contributed by atoms with Gasteiger partial charge in [-0.25, -0.2) is 0 Å². The predicted molar refractivity (Wildman–Crippen MR) is 105 cm³/mol. The summed E-state index contributed by atoms with van der Waals surface area (Å²) in [5, 5.41) is 15.9. The molecule has 9 heteroatoms. The standard InChI is InChI=1S/C19H22N8O/c1-15(27-9-3-8-21-27)19(28)26-12-10-25(11-13-26)18-6-5-17(23-24-18)22-16-4-2-7-20-14-16/h2-9,14-15H,10-13H2,1H3,(H,22,23). The summed E-state index contributed by atoms with van der Waals surface area (Å²) in [6.07, 6.45) is 6.96. The number of hydrogen-bond acceptors (Lipinski definition) is 7. The first-order chi connectivity index (χ1) is 13.7. The fourth-order valence-electron chi connectivity index (χ4n) is 3.19. The second-order valence-corrected chi connectivity index (χ2v) is 6.62. The van der Waals surface area contributed by atoms with Crippen LogP contribution in [0.1, 0.15) is 13.0 Å². The molecular formula is C19H22N8O. The van der Waals surface area contributed by atoms with E-state index in [1.165, 1.54) is 0 Å². The van der Waals surface area contributed by atoms with Gasteiger partial charge in [0.2, 0.25) is 5.91 Å². The molecule has 4 rings (SSSR count). The minimum Gasteiger partial charge on any atom is -0.352 e. The van der Waals surface area contributed by atoms with Crippen LogP contribution in [0.5, 0.6) is 0 Å². The third-order valence-corrected chi connectivity index (χ3v) is 4.78. The van der Waals surface area contributed by atoms with E-state index in [9.17, 15) is 4.79 Å². The smallest absolute Gasteiger partial charge is 0.247 e. The van der Waals surface area contributed by atoms with Crippen LogP contribution in [-0.4, -0.2) is 61.9 Å². The predicted octanol–water partition coefficient (Wildman–Crippen LogP) is 1.72. The molecule has 1 atom stereocenters. The van der Waals surface area contributed by atoms with Gasteiger partial charge in [-0.15, -0.1) is 10.2 Å². The van der Waals surface area contributed by atoms with E-state index >= 15 is 0 Å². The quantitative estimate of drug-likeness (QED) is 0.723. The van der Waals surface area contributed by atoms with Gasteiger partial charge >= 0.3 is 0 Å². The Morgan fingerprint density at radius 2 is 1.93 bits per heavy atom. The van der Waals surface area contributed by atoms with Crippen LogP contribution in [0.2, 0.25) is 0 Å². The molecule has 0 saturated carbocycles. The van der Waals surface area contributed by atoms with Crippen molar-refractivity contribution < 1.29 is 4.79 Å². The summed E-state index contributed by atoms with van der Waals surface area (Å²) in [5.74, 6) is 1.56. The Kier molecular flexibility index (Phi) is 5.14. The normalized spacial score (nSPS) is 15.3. The number of hydrogen-bond donors (Lipinski definition) is 1. The minimum atomic E-state index is -0.292. The monoisotopic (exact) mass is 378 g/mol. The van der Waals surface area contributed by atoms with E-state index in [4.69, 9.17) is 0 Å². The van der Waals surface area contributed by atoms with Gasteiger partial charge in [0, 0.05) is 44.8 Å². The summed E-state index contributed by atoms with van der Waals surface area (Å²) < 4.78 is 1.69. The third-order valence-electron chi connectivity index (χ3n) is 4.78. The van der Waals surface area contributed by atoms with Gasteiger partial charge in [-0.1, -0.05) is 0 Å². The van der Waals surface area contributed by atoms with Crippen LogP contribution >= 0.6 is 0 Å². The molecule has 144 valence electrons. The van der Waals surface area contributed by atoms with Crippen LogP contribution < -0.4 is 10.2 Å². The topological polar surface area (TPSA) is 92.1 Å². The minimum absolute atomic E-state index is 0.0884. The number of nitrogens with zero attached hydrogens (tertiary/aromatic N) is 7. The molecule has 1 aliphatic rings. The fraction of sp³-hybridized carbons (Fsp3) is 0.316. The van der Waals surface area contributed by atoms with Crippen molar-refractivity contribution in [2.45, 2.75) is 13.0 Å². The molecule has 1 amide bonds. The highest BCUT2D eigenvalue weighted by Crippen LogP contribution is 2.18. The molecule has 4 heterocycles. The Labute approximate surface area is 163 Å². The van der Waals surface area contributed by atoms with Crippen molar-refractivity contribution >= 4 is 23.2 Å². The molecule has 1 saturated heterocycles. The highest BCUT2D eigenvalue weighted by Gasteiger charge is 2.26. The number of anilines is 3. The Bertz CT molecular complexity index is 889. The molecule has 1 fully saturated rings. The number of piperazine rings is 1. The van der Waals surface area contributed by atoms with Crippen molar-refractivity contribution in [3.8, 4) is 0 Å². The zero-order valence-corrected chi connectivity index (χ0v) is 15.6. The van der Waals surface area contributed by atoms with Crippen molar-refractivity contribution in [2.24, 2.45) is 0 Å². The van der Waals surface area contributed by atoms with Crippen molar-refractivity contribution in [1.82, 2.24) is 29.9 Å². The van der Waals surface area contributed by atoms with Crippen LogP contribution in [0.4, 0.5) is 17.3 Å². The Hall–Kier alpha value is -3.49. The van der Waals surface area contributed by atoms with Gasteiger partial charge in [0.15, 0.2) is 11.6 Å². The van der Waals surface area contributed by atoms with E-state index in [1.54, 1.807) is 23.3 Å². The van der Waals surface area contributed by atoms with Gasteiger partial charge in [0.1, 0.15) is 6.04 Å². The second kappa shape index (κ2) is 8.03. The molecule has 1 N–H and O–H groups in total. The van der Waals surface area contributed by atoms with E-state index in [0.29, 0.717) is 18.9 Å². The van der Waals surface area contributed by atoms with E-state index in [2.05, 4.69) is 30.5 Å². The summed E-state index contributed by atoms with van der Waals surface area (Å²) in [4.78, 5) is 20.8. The van der Waals surface area contributed by atoms with Gasteiger partial charge in [0.05, 0.1) is 11.9 Å². The zero-order chi connectivity index (χ0) is 19.3. The summed E-state index contributed by atoms with van der Waals surface area (Å²) >= 11 is 0. The maximum Gasteiger partial charge on any atom is 0.247 e. The fourth-order valence-corrected chi connectivity index (χ4v) is 3.19. The van der Waals surface area contributed by atoms with Gasteiger partial charge in [-0.2, -0.15) is 5.10 Å². The summed E-state index contributed by atoms with van der Waals surface area (Å²) in [5.41, 5.74) is 0.864. The van der Waals surface area contributed by atoms with E-state index in [1.807, 2.05) is 48.4 Å². The van der Waals surface area contributed by atoms with Crippen LogP contribution in [0, 0.1) is 0 Å². The number of pyridine rings is 1. The first kappa shape index (κ1) is 17.9. The van der Waals surface area contributed by atoms with Gasteiger partial charge in [-0.05, 0) is 37.3 Å². The number of carbonyl (C=O) groups excluding carboxylic acids is 1. The summed E-state index contributed by atoms with van der Waals surface area (Å²) in [6.45, 7) is 4.63. The Morgan fingerprint density at radius 1 is 1.07 bits per heavy atom. The third kappa shape index (κ3) is 3.93. The molecule has 0 spiro atoms. The molecule has 1 aliphatic heterocycles. The molecular weight excluding hydrogens is 356 g/mol. The molecule has 0 aliphatic carbocycles. The largest absolute Gasteiger partial charge is 0.352 e. The van der Waals surface area contributed by atoms with E-state index in [0.717, 1.165) is 24.6 Å². The molecule has 0 bridgehead atoms. The van der Waals surface area contributed by atoms with Gasteiger partial charge in [0.25, 0.3) is 0 Å². The second-order valence-electron chi connectivity index (χ2n) is 6.62. The lowest BCUT2D eigenvalue weighted by molar-refractivity contribution is -0.134. The summed E-state index contributed by atoms with van der Waals surface area (Å²) in [6, 6.07) is 9.15. The molecule has 9 nitrogen and oxygen atoms in total. The highest BCUT2D eigenvalue weighted by molar-refractivity contribution is 5.80. The SMILES string of the molecule is CC(C(=O)N1CCN(c2ccc(Nc3cccnc3)nn2)CC1)n1cccn1. The van der Waals surface area contributed by atoms with Gasteiger partial charge < -0.3 is 15.1 Å². The highest BCUT2D eigenvalue weighted by atomic mass is 16.2. The first-order valence-electron chi connectivity index (χ1n) is 9.24. The van der Waals surface area contributed by atoms with E-state index in [-0.39, 0.29) is 11.9 Å². The number of nitrogens with one attached hydrogen (secondary N) is 1. The van der Waals surface area contributed by atoms with Crippen LogP contribution in [0.15, 0.2) is 55.1 Å². The number of carbonyl (C=O) groups is 1. The van der Waals surface area contributed by atoms with E-state index < -0.39 is 0 Å². The molecule has 28 heavy (non-hydrogen) atoms. The molecule has 1 unspecified atom stereocenters. The number of amides is 1. The lowest BCUT2D eigenvalue weighted by Crippen LogP contribution is -2.50. The zero-order valence-electron chi connectivity index (χ0n) is 15.6. The molecule has 3 aromatic heterocycles. The van der Waals surface area contributed by atoms with Gasteiger partial charge in [-0.3, -0.25) is 14.5 Å². The van der Waals surface area contributed by atoms with Crippen LogP contribution in [0.3, 0.4) is 0 Å². The Balaban J connectivity index is 1.33. The molecule has 0 radical (unpaired) electrons. The lowest BCUT2D eigenvalue weighted by atomic mass is 10.2. The van der Waals surface area contributed by atoms with Crippen molar-refractivity contribution in [1.29, 1.82) is 0 Å². The number of aromatic nitrogens is 5. The first-order valence-corrected chi connectivity index (χ1v) is 9.24. The lowest BCUT2D eigenvalue weighted by Gasteiger charge is -2.36. The van der Waals surface area contributed by atoms with Crippen LogP contribution in [0.25, 0.3) is 0 Å². The van der Waals surface area contributed by atoms with Crippen molar-refractivity contribution in [3.05, 3.63) is 55.1 Å². The summed E-state index contributed by atoms with van der Waals surface area (Å²) in [7, 11) is 0. The average Bonchev–Trinajstić information content (AvgIpc) is 3.29. The maximum atomic E-state index is 12.7. The average molecular weight is 378 g/mol.